The van der Waals surface area contributed by atoms with Gasteiger partial charge in [-0.3, -0.25) is 0 Å². The molecule has 0 bridgehead atoms. The van der Waals surface area contributed by atoms with Crippen molar-refractivity contribution in [1.29, 1.82) is 5.26 Å². The molecule has 1 N–H and O–H groups in total. The van der Waals surface area contributed by atoms with E-state index >= 15 is 0 Å². The van der Waals surface area contributed by atoms with Gasteiger partial charge in [0.25, 0.3) is 0 Å². The van der Waals surface area contributed by atoms with Gasteiger partial charge in [0.15, 0.2) is 16.0 Å². The van der Waals surface area contributed by atoms with Crippen molar-refractivity contribution in [2.75, 3.05) is 6.26 Å². The molecule has 5 nitrogen and oxygen atoms in total. The highest BCUT2D eigenvalue weighted by molar-refractivity contribution is 7.90. The lowest BCUT2D eigenvalue weighted by Crippen LogP contribution is -2.24. The molecule has 27 heavy (non-hydrogen) atoms. The van der Waals surface area contributed by atoms with Crippen LogP contribution in [0.1, 0.15) is 29.0 Å². The number of hydrogen-bond donors (Lipinski definition) is 1. The lowest BCUT2D eigenvalue weighted by Gasteiger charge is -2.16. The summed E-state index contributed by atoms with van der Waals surface area (Å²) in [4.78, 5) is -0.658. The molecule has 0 saturated carbocycles. The van der Waals surface area contributed by atoms with Gasteiger partial charge in [-0.25, -0.2) is 17.2 Å². The zero-order valence-electron chi connectivity index (χ0n) is 13.6. The molecule has 2 atom stereocenters. The Balaban J connectivity index is 2.21. The van der Waals surface area contributed by atoms with E-state index in [9.17, 15) is 31.1 Å². The normalized spacial score (nSPS) is 20.8. The van der Waals surface area contributed by atoms with Gasteiger partial charge in [-0.15, -0.1) is 0 Å². The number of ether oxygens (including phenoxy) is 1. The summed E-state index contributed by atoms with van der Waals surface area (Å²) in [6.07, 6.45) is -5.01. The smallest absolute Gasteiger partial charge is 0.312 e. The predicted molar refractivity (Wildman–Crippen MR) is 84.5 cm³/mol. The molecule has 0 unspecified atom stereocenters. The van der Waals surface area contributed by atoms with Crippen LogP contribution in [0.4, 0.5) is 17.6 Å². The van der Waals surface area contributed by atoms with Crippen molar-refractivity contribution < 1.29 is 35.8 Å². The second kappa shape index (κ2) is 6.21. The van der Waals surface area contributed by atoms with Crippen molar-refractivity contribution >= 4 is 9.84 Å². The van der Waals surface area contributed by atoms with E-state index in [0.29, 0.717) is 0 Å². The molecular weight excluding hydrogens is 390 g/mol. The molecule has 0 aromatic heterocycles. The number of halogens is 4. The Hall–Kier alpha value is -2.64. The first-order valence-electron chi connectivity index (χ1n) is 7.42. The van der Waals surface area contributed by atoms with Crippen molar-refractivity contribution in [2.45, 2.75) is 23.1 Å². The van der Waals surface area contributed by atoms with E-state index < -0.39 is 55.6 Å². The molecule has 142 valence electrons. The first-order chi connectivity index (χ1) is 12.5. The van der Waals surface area contributed by atoms with E-state index in [-0.39, 0.29) is 11.3 Å². The van der Waals surface area contributed by atoms with Crippen LogP contribution in [0.15, 0.2) is 35.2 Å². The second-order valence-corrected chi connectivity index (χ2v) is 7.97. The van der Waals surface area contributed by atoms with Gasteiger partial charge in [-0.2, -0.15) is 14.0 Å². The van der Waals surface area contributed by atoms with Crippen LogP contribution in [-0.4, -0.2) is 25.7 Å². The molecule has 10 heteroatoms. The van der Waals surface area contributed by atoms with Crippen LogP contribution in [0, 0.1) is 17.1 Å². The maximum absolute atomic E-state index is 14.4. The summed E-state index contributed by atoms with van der Waals surface area (Å²) in [5.74, 6) is -5.93. The summed E-state index contributed by atoms with van der Waals surface area (Å²) in [5.41, 5.74) is -1.76. The topological polar surface area (TPSA) is 87.4 Å². The van der Waals surface area contributed by atoms with Crippen molar-refractivity contribution in [3.8, 4) is 17.6 Å². The Labute approximate surface area is 151 Å². The third-order valence-electron chi connectivity index (χ3n) is 4.06. The molecular formula is C17H11F4NO4S. The van der Waals surface area contributed by atoms with E-state index in [1.807, 2.05) is 0 Å². The van der Waals surface area contributed by atoms with Crippen molar-refractivity contribution in [2.24, 2.45) is 0 Å². The van der Waals surface area contributed by atoms with Crippen molar-refractivity contribution in [1.82, 2.24) is 0 Å². The van der Waals surface area contributed by atoms with Gasteiger partial charge in [-0.05, 0) is 24.3 Å². The molecule has 2 aromatic rings. The van der Waals surface area contributed by atoms with Gasteiger partial charge in [0.05, 0.1) is 16.5 Å². The number of nitrogens with zero attached hydrogens (tertiary/aromatic N) is 1. The summed E-state index contributed by atoms with van der Waals surface area (Å²) in [6.45, 7) is 0. The number of aliphatic hydroxyl groups excluding tert-OH is 1. The highest BCUT2D eigenvalue weighted by Gasteiger charge is 2.58. The van der Waals surface area contributed by atoms with Gasteiger partial charge >= 0.3 is 5.92 Å². The summed E-state index contributed by atoms with van der Waals surface area (Å²) < 4.78 is 84.9. The van der Waals surface area contributed by atoms with Crippen LogP contribution in [0.5, 0.6) is 11.5 Å². The Morgan fingerprint density at radius 1 is 1.22 bits per heavy atom. The molecule has 0 spiro atoms. The molecule has 3 rings (SSSR count). The third-order valence-corrected chi connectivity index (χ3v) is 5.22. The van der Waals surface area contributed by atoms with Crippen LogP contribution >= 0.6 is 0 Å². The zero-order chi connectivity index (χ0) is 20.1. The number of alkyl halides is 3. The van der Waals surface area contributed by atoms with Gasteiger partial charge in [0, 0.05) is 23.4 Å². The van der Waals surface area contributed by atoms with Crippen LogP contribution < -0.4 is 4.74 Å². The fraction of sp³-hybridized carbons (Fsp3) is 0.235. The number of nitriles is 1. The van der Waals surface area contributed by atoms with Crippen LogP contribution in [-0.2, 0) is 9.84 Å². The Bertz CT molecular complexity index is 1080. The summed E-state index contributed by atoms with van der Waals surface area (Å²) in [5, 5.41) is 18.7. The second-order valence-electron chi connectivity index (χ2n) is 5.99. The molecule has 0 fully saturated rings. The third kappa shape index (κ3) is 3.13. The zero-order valence-corrected chi connectivity index (χ0v) is 14.4. The summed E-state index contributed by atoms with van der Waals surface area (Å²) in [7, 11) is -4.06. The SMILES string of the molecule is CS(=O)(=O)c1ccc(Oc2cc(F)cc(C#N)c2)c2c1[C@H](O)C(F)(F)[C@@H]2F. The monoisotopic (exact) mass is 401 g/mol. The number of hydrogen-bond acceptors (Lipinski definition) is 5. The highest BCUT2D eigenvalue weighted by Crippen LogP contribution is 2.57. The van der Waals surface area contributed by atoms with E-state index in [1.165, 1.54) is 0 Å². The summed E-state index contributed by atoms with van der Waals surface area (Å²) in [6, 6.07) is 6.34. The first-order valence-corrected chi connectivity index (χ1v) is 9.31. The number of aliphatic hydroxyl groups is 1. The van der Waals surface area contributed by atoms with Gasteiger partial charge < -0.3 is 9.84 Å². The van der Waals surface area contributed by atoms with Gasteiger partial charge in [0.2, 0.25) is 0 Å². The minimum absolute atomic E-state index is 0.128. The molecule has 0 aliphatic heterocycles. The average Bonchev–Trinajstić information content (AvgIpc) is 2.75. The fourth-order valence-corrected chi connectivity index (χ4v) is 3.83. The summed E-state index contributed by atoms with van der Waals surface area (Å²) >= 11 is 0. The molecule has 2 aromatic carbocycles. The largest absolute Gasteiger partial charge is 0.457 e. The van der Waals surface area contributed by atoms with Crippen LogP contribution in [0.25, 0.3) is 0 Å². The molecule has 0 heterocycles. The van der Waals surface area contributed by atoms with E-state index in [2.05, 4.69) is 0 Å². The molecule has 0 saturated heterocycles. The minimum atomic E-state index is -4.28. The first kappa shape index (κ1) is 19.1. The standard InChI is InChI=1S/C17H11F4NO4S/c1-27(24,25)12-3-2-11(13-14(12)16(23)17(20,21)15(13)19)26-10-5-8(7-22)4-9(18)6-10/h2-6,15-16,23H,1H3/t15-,16+/m1/s1. The molecule has 0 radical (unpaired) electrons. The Morgan fingerprint density at radius 3 is 2.48 bits per heavy atom. The van der Waals surface area contributed by atoms with E-state index in [4.69, 9.17) is 10.00 Å². The van der Waals surface area contributed by atoms with Crippen LogP contribution in [0.2, 0.25) is 0 Å². The number of benzene rings is 2. The number of sulfone groups is 1. The number of rotatable bonds is 3. The van der Waals surface area contributed by atoms with Crippen LogP contribution in [0.3, 0.4) is 0 Å². The molecule has 1 aliphatic rings. The maximum atomic E-state index is 14.4. The highest BCUT2D eigenvalue weighted by atomic mass is 32.2. The molecule has 0 amide bonds. The predicted octanol–water partition coefficient (Wildman–Crippen LogP) is 3.59. The maximum Gasteiger partial charge on any atom is 0.312 e. The quantitative estimate of drug-likeness (QED) is 0.795. The van der Waals surface area contributed by atoms with Crippen molar-refractivity contribution in [3.05, 3.63) is 52.8 Å². The fourth-order valence-electron chi connectivity index (χ4n) is 2.89. The van der Waals surface area contributed by atoms with E-state index in [1.54, 1.807) is 6.07 Å². The number of fused-ring (bicyclic) bond motifs is 1. The van der Waals surface area contributed by atoms with Crippen molar-refractivity contribution in [3.63, 3.8) is 0 Å². The minimum Gasteiger partial charge on any atom is -0.457 e. The van der Waals surface area contributed by atoms with Gasteiger partial charge in [-0.1, -0.05) is 0 Å². The Kier molecular flexibility index (Phi) is 4.40. The lowest BCUT2D eigenvalue weighted by molar-refractivity contribution is -0.143. The Morgan fingerprint density at radius 2 is 1.89 bits per heavy atom. The molecule has 1 aliphatic carbocycles. The van der Waals surface area contributed by atoms with Gasteiger partial charge in [0.1, 0.15) is 23.4 Å². The van der Waals surface area contributed by atoms with E-state index in [0.717, 1.165) is 36.6 Å². The average molecular weight is 401 g/mol. The lowest BCUT2D eigenvalue weighted by atomic mass is 10.1.